The first-order chi connectivity index (χ1) is 29.9. The van der Waals surface area contributed by atoms with Gasteiger partial charge in [0.15, 0.2) is 0 Å². The maximum Gasteiger partial charge on any atom is 0.262 e. The number of hydrogen-bond donors (Lipinski definition) is 1. The van der Waals surface area contributed by atoms with E-state index >= 15 is 0 Å². The Bertz CT molecular complexity index is 2300. The molecule has 322 valence electrons. The first-order valence-electron chi connectivity index (χ1n) is 20.4. The molecule has 0 saturated carbocycles. The molecule has 0 radical (unpaired) electrons. The third kappa shape index (κ3) is 11.2. The lowest BCUT2D eigenvalue weighted by Crippen LogP contribution is -2.51. The summed E-state index contributed by atoms with van der Waals surface area (Å²) in [6.07, 6.45) is 6.40. The molecule has 0 spiro atoms. The van der Waals surface area contributed by atoms with Crippen LogP contribution in [0.5, 0.6) is 11.6 Å². The summed E-state index contributed by atoms with van der Waals surface area (Å²) in [6, 6.07) is 16.2. The van der Waals surface area contributed by atoms with E-state index in [1.165, 1.54) is 11.5 Å². The van der Waals surface area contributed by atoms with Gasteiger partial charge >= 0.3 is 0 Å². The van der Waals surface area contributed by atoms with E-state index in [4.69, 9.17) is 37.9 Å². The molecule has 0 aliphatic carbocycles. The van der Waals surface area contributed by atoms with E-state index in [0.717, 1.165) is 32.4 Å². The standard InChI is InChI=1S/C45H51N5O11/c1-31-3-9-40(43(51)48-31)50-44(52)36-8-6-34(28-37(36)45(50)53)60-25-23-58-21-19-56-17-15-54-13-14-55-16-18-57-20-22-59-24-26-61-42-10-5-33(29-47-42)32-4-7-35-38-30-46-12-11-39(38)49(2)41(35)27-32/h4-8,10-12,27-30,40H,1,3,9,13-26H2,2H3,(H,48,51). The fraction of sp³-hybridized carbons (Fsp3) is 0.400. The third-order valence-corrected chi connectivity index (χ3v) is 10.2. The van der Waals surface area contributed by atoms with Crippen molar-refractivity contribution >= 4 is 39.5 Å². The van der Waals surface area contributed by atoms with Crippen LogP contribution in [-0.2, 0) is 40.3 Å². The largest absolute Gasteiger partial charge is 0.491 e. The molecule has 7 rings (SSSR count). The highest BCUT2D eigenvalue weighted by Crippen LogP contribution is 2.32. The number of benzene rings is 2. The van der Waals surface area contributed by atoms with Crippen LogP contribution in [0.25, 0.3) is 32.9 Å². The van der Waals surface area contributed by atoms with E-state index in [1.807, 2.05) is 36.8 Å². The zero-order valence-corrected chi connectivity index (χ0v) is 34.3. The molecule has 0 bridgehead atoms. The SMILES string of the molecule is C=C1CCC(N2C(=O)c3ccc(OCCOCCOCCOCCOCCOCCOCCOc4ccc(-c5ccc6c7cnccc7n(C)c6c5)cn4)cc3C2=O)C(=O)N1. The van der Waals surface area contributed by atoms with Crippen LogP contribution in [0, 0.1) is 0 Å². The summed E-state index contributed by atoms with van der Waals surface area (Å²) in [4.78, 5) is 48.1. The van der Waals surface area contributed by atoms with Gasteiger partial charge in [-0.2, -0.15) is 0 Å². The Morgan fingerprint density at radius 1 is 0.639 bits per heavy atom. The minimum atomic E-state index is -0.856. The molecular weight excluding hydrogens is 787 g/mol. The molecule has 2 aliphatic heterocycles. The second-order valence-corrected chi connectivity index (χ2v) is 14.3. The molecule has 2 aromatic carbocycles. The number of allylic oxidation sites excluding steroid dienone is 1. The van der Waals surface area contributed by atoms with Gasteiger partial charge in [-0.15, -0.1) is 0 Å². The summed E-state index contributed by atoms with van der Waals surface area (Å²) in [7, 11) is 2.07. The van der Waals surface area contributed by atoms with Crippen molar-refractivity contribution in [2.45, 2.75) is 18.9 Å². The van der Waals surface area contributed by atoms with Crippen LogP contribution in [0.1, 0.15) is 33.6 Å². The number of hydrogen-bond acceptors (Lipinski definition) is 13. The fourth-order valence-electron chi connectivity index (χ4n) is 7.11. The van der Waals surface area contributed by atoms with Crippen LogP contribution in [0.3, 0.4) is 0 Å². The van der Waals surface area contributed by atoms with Gasteiger partial charge in [-0.1, -0.05) is 18.7 Å². The minimum Gasteiger partial charge on any atom is -0.491 e. The predicted octanol–water partition coefficient (Wildman–Crippen LogP) is 4.73. The minimum absolute atomic E-state index is 0.218. The number of nitrogens with zero attached hydrogens (tertiary/aromatic N) is 4. The van der Waals surface area contributed by atoms with Crippen LogP contribution < -0.4 is 14.8 Å². The molecule has 1 atom stereocenters. The predicted molar refractivity (Wildman–Crippen MR) is 225 cm³/mol. The molecule has 16 heteroatoms. The number of nitrogens with one attached hydrogen (secondary N) is 1. The summed E-state index contributed by atoms with van der Waals surface area (Å²) in [5.74, 6) is -0.414. The maximum atomic E-state index is 13.0. The van der Waals surface area contributed by atoms with Crippen LogP contribution in [-0.4, -0.2) is 136 Å². The first-order valence-corrected chi connectivity index (χ1v) is 20.4. The van der Waals surface area contributed by atoms with Crippen molar-refractivity contribution in [3.05, 3.63) is 96.6 Å². The highest BCUT2D eigenvalue weighted by atomic mass is 16.6. The second kappa shape index (κ2) is 21.7. The van der Waals surface area contributed by atoms with Crippen LogP contribution in [0.2, 0.25) is 0 Å². The quantitative estimate of drug-likeness (QED) is 0.0633. The second-order valence-electron chi connectivity index (χ2n) is 14.3. The third-order valence-electron chi connectivity index (χ3n) is 10.2. The lowest BCUT2D eigenvalue weighted by Gasteiger charge is -2.29. The number of carbonyl (C=O) groups is 3. The average molecular weight is 838 g/mol. The number of aromatic nitrogens is 3. The number of rotatable bonds is 25. The highest BCUT2D eigenvalue weighted by Gasteiger charge is 2.44. The van der Waals surface area contributed by atoms with Crippen LogP contribution >= 0.6 is 0 Å². The summed E-state index contributed by atoms with van der Waals surface area (Å²) in [6.45, 7) is 9.48. The fourth-order valence-corrected chi connectivity index (χ4v) is 7.11. The maximum absolute atomic E-state index is 13.0. The summed E-state index contributed by atoms with van der Waals surface area (Å²) >= 11 is 0. The Balaban J connectivity index is 0.630. The number of piperidine rings is 1. The van der Waals surface area contributed by atoms with Gasteiger partial charge in [-0.25, -0.2) is 4.98 Å². The monoisotopic (exact) mass is 837 g/mol. The number of ether oxygens (including phenoxy) is 8. The van der Waals surface area contributed by atoms with Crippen molar-refractivity contribution in [2.75, 3.05) is 92.5 Å². The summed E-state index contributed by atoms with van der Waals surface area (Å²) in [5.41, 5.74) is 5.45. The number of carbonyl (C=O) groups excluding carboxylic acids is 3. The van der Waals surface area contributed by atoms with Gasteiger partial charge in [-0.05, 0) is 54.8 Å². The molecule has 1 fully saturated rings. The smallest absolute Gasteiger partial charge is 0.262 e. The van der Waals surface area contributed by atoms with Crippen molar-refractivity contribution in [2.24, 2.45) is 7.05 Å². The van der Waals surface area contributed by atoms with Gasteiger partial charge in [0.2, 0.25) is 11.8 Å². The van der Waals surface area contributed by atoms with Gasteiger partial charge < -0.3 is 47.8 Å². The number of amides is 3. The Labute approximate surface area is 353 Å². The molecule has 5 heterocycles. The Kier molecular flexibility index (Phi) is 15.4. The Morgan fingerprint density at radius 3 is 1.87 bits per heavy atom. The lowest BCUT2D eigenvalue weighted by atomic mass is 10.0. The Morgan fingerprint density at radius 2 is 1.25 bits per heavy atom. The van der Waals surface area contributed by atoms with E-state index in [-0.39, 0.29) is 17.7 Å². The van der Waals surface area contributed by atoms with Gasteiger partial charge in [0.1, 0.15) is 25.0 Å². The van der Waals surface area contributed by atoms with Crippen LogP contribution in [0.15, 0.2) is 85.5 Å². The number of fused-ring (bicyclic) bond motifs is 4. The van der Waals surface area contributed by atoms with E-state index < -0.39 is 23.8 Å². The first kappa shape index (κ1) is 43.3. The van der Waals surface area contributed by atoms with Gasteiger partial charge in [0, 0.05) is 59.3 Å². The molecule has 3 amide bonds. The van der Waals surface area contributed by atoms with E-state index in [9.17, 15) is 14.4 Å². The van der Waals surface area contributed by atoms with Crippen LogP contribution in [0.4, 0.5) is 0 Å². The molecular formula is C45H51N5O11. The Hall–Kier alpha value is -5.75. The molecule has 16 nitrogen and oxygen atoms in total. The van der Waals surface area contributed by atoms with E-state index in [0.29, 0.717) is 116 Å². The van der Waals surface area contributed by atoms with Crippen molar-refractivity contribution in [3.63, 3.8) is 0 Å². The molecule has 3 aromatic heterocycles. The summed E-state index contributed by atoms with van der Waals surface area (Å²) < 4.78 is 47.0. The van der Waals surface area contributed by atoms with Crippen molar-refractivity contribution < 1.29 is 52.3 Å². The van der Waals surface area contributed by atoms with E-state index in [1.54, 1.807) is 12.1 Å². The molecule has 5 aromatic rings. The molecule has 1 unspecified atom stereocenters. The lowest BCUT2D eigenvalue weighted by molar-refractivity contribution is -0.125. The average Bonchev–Trinajstić information content (AvgIpc) is 3.70. The number of pyridine rings is 2. The topological polar surface area (TPSA) is 171 Å². The molecule has 1 N–H and O–H groups in total. The zero-order chi connectivity index (χ0) is 42.4. The highest BCUT2D eigenvalue weighted by molar-refractivity contribution is 6.23. The number of imide groups is 1. The van der Waals surface area contributed by atoms with Crippen molar-refractivity contribution in [3.8, 4) is 22.8 Å². The van der Waals surface area contributed by atoms with Gasteiger partial charge in [-0.3, -0.25) is 24.3 Å². The summed E-state index contributed by atoms with van der Waals surface area (Å²) in [5, 5.41) is 4.95. The van der Waals surface area contributed by atoms with E-state index in [2.05, 4.69) is 51.7 Å². The van der Waals surface area contributed by atoms with Gasteiger partial charge in [0.25, 0.3) is 11.8 Å². The molecule has 2 aliphatic rings. The molecule has 1 saturated heterocycles. The van der Waals surface area contributed by atoms with Crippen molar-refractivity contribution in [1.29, 1.82) is 0 Å². The molecule has 61 heavy (non-hydrogen) atoms. The number of aryl methyl sites for hydroxylation is 1. The normalized spacial score (nSPS) is 15.2. The van der Waals surface area contributed by atoms with Crippen molar-refractivity contribution in [1.82, 2.24) is 24.8 Å². The zero-order valence-electron chi connectivity index (χ0n) is 34.3. The van der Waals surface area contributed by atoms with Gasteiger partial charge in [0.05, 0.1) is 95.9 Å².